The van der Waals surface area contributed by atoms with Crippen LogP contribution in [0.3, 0.4) is 0 Å². The van der Waals surface area contributed by atoms with Gasteiger partial charge in [-0.1, -0.05) is 97.9 Å². The summed E-state index contributed by atoms with van der Waals surface area (Å²) in [5.41, 5.74) is 5.35. The van der Waals surface area contributed by atoms with E-state index in [1.54, 1.807) is 0 Å². The monoisotopic (exact) mass is 766 g/mol. The first-order valence-corrected chi connectivity index (χ1v) is 15.1. The predicted molar refractivity (Wildman–Crippen MR) is 186 cm³/mol. The van der Waals surface area contributed by atoms with E-state index >= 15 is 0 Å². The molecule has 0 saturated carbocycles. The number of aliphatic hydroxyl groups is 1. The Morgan fingerprint density at radius 1 is 0.727 bits per heavy atom. The van der Waals surface area contributed by atoms with E-state index < -0.39 is 0 Å². The number of fused-ring (bicyclic) bond motifs is 5. The molecule has 5 aromatic rings. The number of nitrogens with zero attached hydrogens (tertiary/aromatic N) is 1. The first-order chi connectivity index (χ1) is 19.9. The van der Waals surface area contributed by atoms with Gasteiger partial charge < -0.3 is 10.1 Å². The molecule has 0 spiro atoms. The number of ketones is 1. The Bertz CT molecular complexity index is 1840. The number of aromatic nitrogens is 1. The fourth-order valence-electron chi connectivity index (χ4n) is 5.08. The average Bonchev–Trinajstić information content (AvgIpc) is 2.90. The summed E-state index contributed by atoms with van der Waals surface area (Å²) in [6.07, 6.45) is 3.37. The largest absolute Gasteiger partial charge is 0.511 e. The van der Waals surface area contributed by atoms with E-state index in [1.165, 1.54) is 49.5 Å². The quantitative estimate of drug-likeness (QED) is 0.0640. The summed E-state index contributed by atoms with van der Waals surface area (Å²) in [4.78, 5) is 14.3. The molecule has 44 heavy (non-hydrogen) atoms. The van der Waals surface area contributed by atoms with Gasteiger partial charge in [0.15, 0.2) is 0 Å². The molecular formula is C40H47IrNO2. The molecule has 2 N–H and O–H groups in total. The Morgan fingerprint density at radius 3 is 1.89 bits per heavy atom. The maximum atomic E-state index is 9.60. The van der Waals surface area contributed by atoms with Crippen LogP contribution in [0.2, 0.25) is 0 Å². The molecule has 4 heteroatoms. The number of carbonyl (C=O) groups excluding carboxylic acids is 1. The van der Waals surface area contributed by atoms with Gasteiger partial charge in [-0.15, -0.1) is 34.9 Å². The molecule has 0 aliphatic carbocycles. The number of benzene rings is 4. The first kappa shape index (κ1) is 35.2. The smallest absolute Gasteiger partial charge is 0.325 e. The molecule has 1 heterocycles. The fourth-order valence-corrected chi connectivity index (χ4v) is 5.08. The second-order valence-electron chi connectivity index (χ2n) is 14.8. The molecule has 0 bridgehead atoms. The Labute approximate surface area is 277 Å². The minimum absolute atomic E-state index is 0. The molecule has 0 atom stereocenters. The van der Waals surface area contributed by atoms with Gasteiger partial charge in [0.05, 0.1) is 11.5 Å². The molecule has 0 fully saturated rings. The molecular weight excluding hydrogens is 719 g/mol. The molecule has 0 amide bonds. The van der Waals surface area contributed by atoms with Crippen LogP contribution in [0.1, 0.15) is 79.0 Å². The van der Waals surface area contributed by atoms with Gasteiger partial charge in [-0.05, 0) is 75.8 Å². The molecule has 233 valence electrons. The number of aryl methyl sites for hydroxylation is 2. The van der Waals surface area contributed by atoms with Gasteiger partial charge in [-0.2, -0.15) is 0 Å². The van der Waals surface area contributed by atoms with E-state index in [1.807, 2.05) is 47.7 Å². The van der Waals surface area contributed by atoms with Gasteiger partial charge in [-0.3, -0.25) is 4.79 Å². The Kier molecular flexibility index (Phi) is 10.3. The maximum absolute atomic E-state index is 9.60. The number of hydrogen-bond acceptors (Lipinski definition) is 2. The zero-order chi connectivity index (χ0) is 31.9. The number of aliphatic hydroxyl groups excluding tert-OH is 1. The van der Waals surface area contributed by atoms with Crippen LogP contribution < -0.4 is 0 Å². The van der Waals surface area contributed by atoms with Crippen molar-refractivity contribution >= 4 is 38.1 Å². The van der Waals surface area contributed by atoms with E-state index in [2.05, 4.69) is 101 Å². The van der Waals surface area contributed by atoms with Crippen molar-refractivity contribution in [3.8, 4) is 11.3 Å². The summed E-state index contributed by atoms with van der Waals surface area (Å²) < 4.78 is 0. The molecule has 0 aliphatic rings. The SMILES string of the molecule is CC(C)(C)C(=[OH+])/C=C(\O)C(C)(C)C.Cc1[c-]c(-c2nccc3c2ccc2c4ccc(C(C)(C)C)cc4ccc32)cc(C)c1.[Ir]. The van der Waals surface area contributed by atoms with Crippen LogP contribution in [-0.2, 0) is 25.5 Å². The molecule has 1 aromatic heterocycles. The number of rotatable bonds is 2. The summed E-state index contributed by atoms with van der Waals surface area (Å²) >= 11 is 0. The van der Waals surface area contributed by atoms with Crippen LogP contribution in [0.5, 0.6) is 0 Å². The van der Waals surface area contributed by atoms with Crippen molar-refractivity contribution in [2.45, 2.75) is 81.6 Å². The molecule has 0 saturated heterocycles. The Balaban J connectivity index is 0.000000324. The third kappa shape index (κ3) is 7.84. The second-order valence-corrected chi connectivity index (χ2v) is 14.8. The van der Waals surface area contributed by atoms with E-state index in [4.69, 9.17) is 4.98 Å². The number of pyridine rings is 1. The van der Waals surface area contributed by atoms with Gasteiger partial charge in [0.2, 0.25) is 0 Å². The van der Waals surface area contributed by atoms with Crippen molar-refractivity contribution in [3.63, 3.8) is 0 Å². The summed E-state index contributed by atoms with van der Waals surface area (Å²) in [6.45, 7) is 22.4. The van der Waals surface area contributed by atoms with Gasteiger partial charge in [0, 0.05) is 31.7 Å². The number of allylic oxidation sites excluding steroid dienone is 2. The minimum atomic E-state index is -0.306. The van der Waals surface area contributed by atoms with Crippen LogP contribution in [0.15, 0.2) is 78.7 Å². The molecule has 5 rings (SSSR count). The molecule has 3 nitrogen and oxygen atoms in total. The van der Waals surface area contributed by atoms with Gasteiger partial charge in [-0.25, -0.2) is 0 Å². The first-order valence-electron chi connectivity index (χ1n) is 15.1. The van der Waals surface area contributed by atoms with E-state index in [0.29, 0.717) is 0 Å². The zero-order valence-electron chi connectivity index (χ0n) is 28.1. The maximum Gasteiger partial charge on any atom is 0.325 e. The van der Waals surface area contributed by atoms with Gasteiger partial charge in [0.1, 0.15) is 5.76 Å². The summed E-state index contributed by atoms with van der Waals surface area (Å²) in [5.74, 6) is 0.417. The standard InChI is InChI=1S/C29H26N.C11H20O2.Ir/c1-18-14-19(2)16-21(15-18)28-27-11-10-24-23-9-7-22(29(3,4)5)17-20(23)6-8-25(24)26(27)12-13-30-28;1-10(2,3)8(12)7-9(13)11(4,5)6;/h6-15,17H,1-5H3;7,12H,1-6H3;/q-1;;/p+1/b;8-7-;. The van der Waals surface area contributed by atoms with E-state index in [0.717, 1.165) is 16.8 Å². The van der Waals surface area contributed by atoms with Crippen molar-refractivity contribution in [2.75, 3.05) is 0 Å². The normalized spacial score (nSPS) is 12.6. The van der Waals surface area contributed by atoms with Gasteiger partial charge in [0.25, 0.3) is 0 Å². The van der Waals surface area contributed by atoms with Crippen LogP contribution in [0, 0.1) is 30.7 Å². The molecule has 1 radical (unpaired) electrons. The van der Waals surface area contributed by atoms with Crippen LogP contribution >= 0.6 is 0 Å². The van der Waals surface area contributed by atoms with E-state index in [-0.39, 0.29) is 47.9 Å². The Morgan fingerprint density at radius 2 is 1.30 bits per heavy atom. The van der Waals surface area contributed by atoms with Crippen LogP contribution in [-0.4, -0.2) is 20.7 Å². The zero-order valence-corrected chi connectivity index (χ0v) is 30.5. The van der Waals surface area contributed by atoms with E-state index in [9.17, 15) is 9.90 Å². The topological polar surface area (TPSA) is 54.5 Å². The fraction of sp³-hybridized carbons (Fsp3) is 0.350. The summed E-state index contributed by atoms with van der Waals surface area (Å²) in [6, 6.07) is 25.9. The van der Waals surface area contributed by atoms with Crippen molar-refractivity contribution < 1.29 is 30.0 Å². The third-order valence-electron chi connectivity index (χ3n) is 7.84. The molecule has 0 aliphatic heterocycles. The van der Waals surface area contributed by atoms with Crippen LogP contribution in [0.4, 0.5) is 0 Å². The number of hydrogen-bond donors (Lipinski definition) is 1. The average molecular weight is 766 g/mol. The van der Waals surface area contributed by atoms with Gasteiger partial charge >= 0.3 is 5.78 Å². The predicted octanol–water partition coefficient (Wildman–Crippen LogP) is 11.0. The summed E-state index contributed by atoms with van der Waals surface area (Å²) in [5, 5.41) is 17.2. The van der Waals surface area contributed by atoms with Crippen molar-refractivity contribution in [2.24, 2.45) is 10.8 Å². The van der Waals surface area contributed by atoms with Crippen LogP contribution in [0.25, 0.3) is 43.6 Å². The molecule has 4 aromatic carbocycles. The minimum Gasteiger partial charge on any atom is -0.511 e. The van der Waals surface area contributed by atoms with Crippen molar-refractivity contribution in [1.29, 1.82) is 0 Å². The van der Waals surface area contributed by atoms with Crippen molar-refractivity contribution in [3.05, 3.63) is 101 Å². The second kappa shape index (κ2) is 13.0. The Hall–Kier alpha value is -3.33. The summed E-state index contributed by atoms with van der Waals surface area (Å²) in [7, 11) is 0. The third-order valence-corrected chi connectivity index (χ3v) is 7.84. The molecule has 0 unspecified atom stereocenters. The van der Waals surface area contributed by atoms with Crippen molar-refractivity contribution in [1.82, 2.24) is 4.98 Å².